The van der Waals surface area contributed by atoms with Crippen LogP contribution >= 0.6 is 0 Å². The summed E-state index contributed by atoms with van der Waals surface area (Å²) in [5.41, 5.74) is 3.36. The van der Waals surface area contributed by atoms with Crippen molar-refractivity contribution in [3.05, 3.63) is 71.6 Å². The first-order valence-corrected chi connectivity index (χ1v) is 8.68. The monoisotopic (exact) mass is 374 g/mol. The van der Waals surface area contributed by atoms with Crippen molar-refractivity contribution in [1.29, 1.82) is 0 Å². The van der Waals surface area contributed by atoms with E-state index in [4.69, 9.17) is 4.74 Å². The van der Waals surface area contributed by atoms with E-state index in [-0.39, 0.29) is 5.78 Å². The zero-order chi connectivity index (χ0) is 19.5. The summed E-state index contributed by atoms with van der Waals surface area (Å²) >= 11 is 0. The highest BCUT2D eigenvalue weighted by Crippen LogP contribution is 2.21. The maximum Gasteiger partial charge on any atom is 0.212 e. The Morgan fingerprint density at radius 1 is 1.14 bits per heavy atom. The molecule has 4 rings (SSSR count). The number of aromatic amines is 1. The summed E-state index contributed by atoms with van der Waals surface area (Å²) in [5, 5.41) is 3.94. The maximum absolute atomic E-state index is 12.9. The number of hydrogen-bond acceptors (Lipinski definition) is 7. The van der Waals surface area contributed by atoms with E-state index in [2.05, 4.69) is 30.2 Å². The second kappa shape index (κ2) is 7.43. The van der Waals surface area contributed by atoms with Crippen molar-refractivity contribution < 1.29 is 9.53 Å². The van der Waals surface area contributed by atoms with Crippen LogP contribution in [0.25, 0.3) is 11.0 Å². The molecule has 0 bridgehead atoms. The van der Waals surface area contributed by atoms with Gasteiger partial charge < -0.3 is 15.0 Å². The summed E-state index contributed by atoms with van der Waals surface area (Å²) in [6, 6.07) is 7.31. The van der Waals surface area contributed by atoms with Crippen molar-refractivity contribution in [2.24, 2.45) is 0 Å². The summed E-state index contributed by atoms with van der Waals surface area (Å²) in [5.74, 6) is 1.15. The molecule has 0 unspecified atom stereocenters. The van der Waals surface area contributed by atoms with Crippen LogP contribution in [0.15, 0.2) is 49.2 Å². The Hall–Kier alpha value is -3.81. The van der Waals surface area contributed by atoms with Gasteiger partial charge in [-0.05, 0) is 24.6 Å². The topological polar surface area (TPSA) is 106 Å². The average Bonchev–Trinajstić information content (AvgIpc) is 3.16. The van der Waals surface area contributed by atoms with Gasteiger partial charge in [-0.3, -0.25) is 4.79 Å². The molecule has 0 fully saturated rings. The minimum absolute atomic E-state index is 0.114. The van der Waals surface area contributed by atoms with Gasteiger partial charge in [-0.2, -0.15) is 0 Å². The average molecular weight is 374 g/mol. The molecule has 8 nitrogen and oxygen atoms in total. The van der Waals surface area contributed by atoms with Crippen LogP contribution in [0.5, 0.6) is 5.88 Å². The minimum Gasteiger partial charge on any atom is -0.481 e. The maximum atomic E-state index is 12.9. The van der Waals surface area contributed by atoms with Crippen LogP contribution in [0.1, 0.15) is 27.2 Å². The zero-order valence-corrected chi connectivity index (χ0v) is 15.4. The highest BCUT2D eigenvalue weighted by molar-refractivity contribution is 6.16. The second-order valence-corrected chi connectivity index (χ2v) is 6.21. The molecule has 8 heteroatoms. The number of fused-ring (bicyclic) bond motifs is 1. The number of nitrogens with zero attached hydrogens (tertiary/aromatic N) is 4. The lowest BCUT2D eigenvalue weighted by molar-refractivity contribution is 0.103. The number of pyridine rings is 2. The molecule has 0 aliphatic rings. The van der Waals surface area contributed by atoms with Gasteiger partial charge in [0.2, 0.25) is 5.88 Å². The predicted octanol–water partition coefficient (Wildman–Crippen LogP) is 2.91. The predicted molar refractivity (Wildman–Crippen MR) is 104 cm³/mol. The van der Waals surface area contributed by atoms with E-state index in [1.807, 2.05) is 19.1 Å². The molecule has 0 radical (unpaired) electrons. The lowest BCUT2D eigenvalue weighted by Crippen LogP contribution is -2.08. The zero-order valence-electron chi connectivity index (χ0n) is 15.4. The van der Waals surface area contributed by atoms with Crippen molar-refractivity contribution in [1.82, 2.24) is 24.9 Å². The van der Waals surface area contributed by atoms with Crippen molar-refractivity contribution >= 4 is 22.6 Å². The molecule has 0 spiro atoms. The number of hydrogen-bond donors (Lipinski definition) is 2. The van der Waals surface area contributed by atoms with Crippen LogP contribution in [0.3, 0.4) is 0 Å². The Bertz CT molecular complexity index is 1140. The summed E-state index contributed by atoms with van der Waals surface area (Å²) in [4.78, 5) is 32.7. The fourth-order valence-corrected chi connectivity index (χ4v) is 2.92. The van der Waals surface area contributed by atoms with E-state index in [1.54, 1.807) is 37.8 Å². The Morgan fingerprint density at radius 3 is 2.79 bits per heavy atom. The van der Waals surface area contributed by atoms with Crippen LogP contribution in [0, 0.1) is 6.92 Å². The lowest BCUT2D eigenvalue weighted by Gasteiger charge is -2.09. The number of rotatable bonds is 6. The third-order valence-electron chi connectivity index (χ3n) is 4.41. The van der Waals surface area contributed by atoms with Crippen molar-refractivity contribution in [3.8, 4) is 5.88 Å². The van der Waals surface area contributed by atoms with E-state index in [1.165, 1.54) is 6.33 Å². The largest absolute Gasteiger partial charge is 0.481 e. The molecule has 0 saturated carbocycles. The van der Waals surface area contributed by atoms with Gasteiger partial charge >= 0.3 is 0 Å². The van der Waals surface area contributed by atoms with E-state index in [0.717, 1.165) is 5.56 Å². The van der Waals surface area contributed by atoms with Crippen molar-refractivity contribution in [2.75, 3.05) is 12.4 Å². The van der Waals surface area contributed by atoms with Crippen molar-refractivity contribution in [3.63, 3.8) is 0 Å². The Balaban J connectivity index is 1.51. The van der Waals surface area contributed by atoms with Gasteiger partial charge in [0.1, 0.15) is 17.8 Å². The first-order valence-electron chi connectivity index (χ1n) is 8.68. The quantitative estimate of drug-likeness (QED) is 0.500. The highest BCUT2D eigenvalue weighted by Gasteiger charge is 2.17. The van der Waals surface area contributed by atoms with E-state index in [9.17, 15) is 4.79 Å². The molecule has 140 valence electrons. The summed E-state index contributed by atoms with van der Waals surface area (Å²) < 4.78 is 5.05. The molecule has 2 N–H and O–H groups in total. The van der Waals surface area contributed by atoms with E-state index >= 15 is 0 Å². The third-order valence-corrected chi connectivity index (χ3v) is 4.41. The van der Waals surface area contributed by atoms with Gasteiger partial charge in [0.15, 0.2) is 5.78 Å². The van der Waals surface area contributed by atoms with Crippen molar-refractivity contribution in [2.45, 2.75) is 13.5 Å². The molecular formula is C20H18N6O2. The SMILES string of the molecule is COc1ccc(CNc2ccc(C(=O)c3c[nH]c4ncncc34)c(C)n2)cn1. The van der Waals surface area contributed by atoms with Gasteiger partial charge in [0, 0.05) is 42.2 Å². The standard InChI is InChI=1S/C20H18N6O2/c1-12-14(19(27)15-10-24-20-16(15)9-21-11-25-20)4-5-17(26-12)22-7-13-3-6-18(28-2)23-8-13/h3-6,8-11H,7H2,1-2H3,(H,22,26)(H,21,24,25). The smallest absolute Gasteiger partial charge is 0.212 e. The van der Waals surface area contributed by atoms with Gasteiger partial charge in [-0.1, -0.05) is 6.07 Å². The molecule has 4 heterocycles. The van der Waals surface area contributed by atoms with Gasteiger partial charge in [-0.15, -0.1) is 0 Å². The Kier molecular flexibility index (Phi) is 4.67. The number of aromatic nitrogens is 5. The van der Waals surface area contributed by atoms with Gasteiger partial charge in [0.05, 0.1) is 18.4 Å². The number of nitrogens with one attached hydrogen (secondary N) is 2. The van der Waals surface area contributed by atoms with E-state index < -0.39 is 0 Å². The van der Waals surface area contributed by atoms with Gasteiger partial charge in [0.25, 0.3) is 0 Å². The molecule has 28 heavy (non-hydrogen) atoms. The highest BCUT2D eigenvalue weighted by atomic mass is 16.5. The lowest BCUT2D eigenvalue weighted by atomic mass is 10.0. The molecule has 4 aromatic heterocycles. The summed E-state index contributed by atoms with van der Waals surface area (Å²) in [7, 11) is 1.58. The first kappa shape index (κ1) is 17.6. The number of anilines is 1. The number of carbonyl (C=O) groups excluding carboxylic acids is 1. The number of methoxy groups -OCH3 is 1. The Morgan fingerprint density at radius 2 is 2.04 bits per heavy atom. The number of ether oxygens (including phenoxy) is 1. The normalized spacial score (nSPS) is 10.8. The molecule has 0 aliphatic carbocycles. The van der Waals surface area contributed by atoms with E-state index in [0.29, 0.717) is 46.1 Å². The van der Waals surface area contributed by atoms with Crippen LogP contribution in [-0.4, -0.2) is 37.8 Å². The van der Waals surface area contributed by atoms with Crippen LogP contribution in [-0.2, 0) is 6.54 Å². The summed E-state index contributed by atoms with van der Waals surface area (Å²) in [6.45, 7) is 2.38. The molecule has 0 atom stereocenters. The van der Waals surface area contributed by atoms with Crippen LogP contribution in [0.2, 0.25) is 0 Å². The molecule has 4 aromatic rings. The number of ketones is 1. The molecule has 0 amide bonds. The summed E-state index contributed by atoms with van der Waals surface area (Å²) in [6.07, 6.45) is 6.48. The minimum atomic E-state index is -0.114. The third kappa shape index (κ3) is 3.39. The molecular weight excluding hydrogens is 356 g/mol. The van der Waals surface area contributed by atoms with Gasteiger partial charge in [-0.25, -0.2) is 19.9 Å². The number of H-pyrrole nitrogens is 1. The number of aryl methyl sites for hydroxylation is 1. The molecule has 0 aromatic carbocycles. The first-order chi connectivity index (χ1) is 13.7. The number of carbonyl (C=O) groups is 1. The van der Waals surface area contributed by atoms with Crippen LogP contribution < -0.4 is 10.1 Å². The molecule has 0 aliphatic heterocycles. The fourth-order valence-electron chi connectivity index (χ4n) is 2.92. The second-order valence-electron chi connectivity index (χ2n) is 6.21. The molecule has 0 saturated heterocycles. The fraction of sp³-hybridized carbons (Fsp3) is 0.150. The Labute approximate surface area is 161 Å². The van der Waals surface area contributed by atoms with Crippen LogP contribution in [0.4, 0.5) is 5.82 Å².